The van der Waals surface area contributed by atoms with E-state index in [0.717, 1.165) is 23.9 Å². The van der Waals surface area contributed by atoms with Crippen LogP contribution in [0.5, 0.6) is 0 Å². The number of halogens is 2. The van der Waals surface area contributed by atoms with E-state index in [1.165, 1.54) is 6.07 Å². The van der Waals surface area contributed by atoms with Crippen molar-refractivity contribution in [3.05, 3.63) is 35.4 Å². The molecule has 0 saturated carbocycles. The van der Waals surface area contributed by atoms with E-state index in [0.29, 0.717) is 12.3 Å². The molecule has 0 amide bonds. The lowest BCUT2D eigenvalue weighted by Crippen LogP contribution is -2.16. The van der Waals surface area contributed by atoms with E-state index in [2.05, 4.69) is 11.2 Å². The van der Waals surface area contributed by atoms with Crippen molar-refractivity contribution in [2.45, 2.75) is 6.54 Å². The van der Waals surface area contributed by atoms with Gasteiger partial charge in [0.2, 0.25) is 0 Å². The summed E-state index contributed by atoms with van der Waals surface area (Å²) in [6.07, 6.45) is 5.10. The van der Waals surface area contributed by atoms with Crippen LogP contribution in [0.3, 0.4) is 0 Å². The average molecular weight is 241 g/mol. The van der Waals surface area contributed by atoms with Crippen molar-refractivity contribution < 1.29 is 8.78 Å². The quantitative estimate of drug-likeness (QED) is 0.606. The fourth-order valence-electron chi connectivity index (χ4n) is 1.16. The van der Waals surface area contributed by atoms with Crippen LogP contribution in [-0.2, 0) is 6.54 Å². The van der Waals surface area contributed by atoms with E-state index in [1.54, 1.807) is 17.8 Å². The van der Waals surface area contributed by atoms with Gasteiger partial charge in [-0.1, -0.05) is 12.0 Å². The van der Waals surface area contributed by atoms with Crippen LogP contribution in [-0.4, -0.2) is 18.1 Å². The highest BCUT2D eigenvalue weighted by molar-refractivity contribution is 7.99. The van der Waals surface area contributed by atoms with Gasteiger partial charge in [-0.05, 0) is 17.7 Å². The second-order valence-corrected chi connectivity index (χ2v) is 4.29. The minimum Gasteiger partial charge on any atom is -0.312 e. The van der Waals surface area contributed by atoms with Gasteiger partial charge >= 0.3 is 0 Å². The molecular weight excluding hydrogens is 228 g/mol. The minimum absolute atomic E-state index is 0.536. The molecule has 1 aromatic carbocycles. The van der Waals surface area contributed by atoms with E-state index in [9.17, 15) is 8.78 Å². The van der Waals surface area contributed by atoms with Crippen LogP contribution in [0, 0.1) is 24.0 Å². The molecule has 0 radical (unpaired) electrons. The van der Waals surface area contributed by atoms with Gasteiger partial charge in [-0.15, -0.1) is 18.2 Å². The Kier molecular flexibility index (Phi) is 5.91. The zero-order chi connectivity index (χ0) is 11.8. The van der Waals surface area contributed by atoms with Gasteiger partial charge in [0.25, 0.3) is 0 Å². The van der Waals surface area contributed by atoms with Gasteiger partial charge in [-0.25, -0.2) is 8.78 Å². The summed E-state index contributed by atoms with van der Waals surface area (Å²) in [4.78, 5) is 0. The Labute approximate surface area is 98.6 Å². The second-order valence-electron chi connectivity index (χ2n) is 3.18. The maximum Gasteiger partial charge on any atom is 0.159 e. The maximum absolute atomic E-state index is 12.8. The molecule has 16 heavy (non-hydrogen) atoms. The zero-order valence-electron chi connectivity index (χ0n) is 8.80. The Bertz CT molecular complexity index is 374. The summed E-state index contributed by atoms with van der Waals surface area (Å²) in [6, 6.07) is 3.91. The number of benzene rings is 1. The fraction of sp³-hybridized carbons (Fsp3) is 0.333. The summed E-state index contributed by atoms with van der Waals surface area (Å²) in [5, 5.41) is 3.13. The van der Waals surface area contributed by atoms with Crippen molar-refractivity contribution in [3.8, 4) is 12.3 Å². The molecule has 0 saturated heterocycles. The van der Waals surface area contributed by atoms with Crippen molar-refractivity contribution in [2.24, 2.45) is 0 Å². The maximum atomic E-state index is 12.8. The summed E-state index contributed by atoms with van der Waals surface area (Å²) in [5.74, 6) is 2.53. The lowest BCUT2D eigenvalue weighted by atomic mass is 10.2. The van der Waals surface area contributed by atoms with Crippen LogP contribution in [0.15, 0.2) is 18.2 Å². The number of hydrogen-bond donors (Lipinski definition) is 1. The van der Waals surface area contributed by atoms with E-state index in [1.807, 2.05) is 0 Å². The van der Waals surface area contributed by atoms with Crippen LogP contribution in [0.25, 0.3) is 0 Å². The molecule has 0 aliphatic rings. The molecule has 0 bridgehead atoms. The number of nitrogens with one attached hydrogen (secondary N) is 1. The number of rotatable bonds is 6. The Balaban J connectivity index is 2.22. The Morgan fingerprint density at radius 1 is 1.31 bits per heavy atom. The molecule has 0 aliphatic carbocycles. The van der Waals surface area contributed by atoms with Gasteiger partial charge in [-0.3, -0.25) is 0 Å². The summed E-state index contributed by atoms with van der Waals surface area (Å²) < 4.78 is 25.4. The molecule has 0 spiro atoms. The SMILES string of the molecule is C#CCSCCNCc1ccc(F)c(F)c1. The third-order valence-corrected chi connectivity index (χ3v) is 2.79. The van der Waals surface area contributed by atoms with Crippen molar-refractivity contribution in [1.29, 1.82) is 0 Å². The van der Waals surface area contributed by atoms with Crippen molar-refractivity contribution in [2.75, 3.05) is 18.1 Å². The van der Waals surface area contributed by atoms with Gasteiger partial charge in [0.05, 0.1) is 5.75 Å². The first kappa shape index (κ1) is 13.0. The largest absolute Gasteiger partial charge is 0.312 e. The molecule has 1 aromatic rings. The van der Waals surface area contributed by atoms with Crippen LogP contribution < -0.4 is 5.32 Å². The lowest BCUT2D eigenvalue weighted by molar-refractivity contribution is 0.506. The molecule has 0 aliphatic heterocycles. The molecule has 0 unspecified atom stereocenters. The van der Waals surface area contributed by atoms with Crippen LogP contribution in [0.2, 0.25) is 0 Å². The molecule has 4 heteroatoms. The van der Waals surface area contributed by atoms with Gasteiger partial charge in [0, 0.05) is 18.8 Å². The van der Waals surface area contributed by atoms with E-state index in [-0.39, 0.29) is 0 Å². The van der Waals surface area contributed by atoms with E-state index in [4.69, 9.17) is 6.42 Å². The number of thioether (sulfide) groups is 1. The summed E-state index contributed by atoms with van der Waals surface area (Å²) in [5.41, 5.74) is 0.737. The van der Waals surface area contributed by atoms with Crippen molar-refractivity contribution >= 4 is 11.8 Å². The topological polar surface area (TPSA) is 12.0 Å². The van der Waals surface area contributed by atoms with Gasteiger partial charge in [0.1, 0.15) is 0 Å². The molecule has 0 aromatic heterocycles. The average Bonchev–Trinajstić information content (AvgIpc) is 2.28. The first-order chi connectivity index (χ1) is 7.74. The monoisotopic (exact) mass is 241 g/mol. The standard InChI is InChI=1S/C12H13F2NS/c1-2-6-16-7-5-15-9-10-3-4-11(13)12(14)8-10/h1,3-4,8,15H,5-7,9H2. The van der Waals surface area contributed by atoms with E-state index >= 15 is 0 Å². The highest BCUT2D eigenvalue weighted by Crippen LogP contribution is 2.08. The highest BCUT2D eigenvalue weighted by atomic mass is 32.2. The first-order valence-electron chi connectivity index (χ1n) is 4.90. The van der Waals surface area contributed by atoms with Crippen LogP contribution in [0.1, 0.15) is 5.56 Å². The third-order valence-electron chi connectivity index (χ3n) is 1.92. The highest BCUT2D eigenvalue weighted by Gasteiger charge is 2.01. The summed E-state index contributed by atoms with van der Waals surface area (Å²) in [6.45, 7) is 1.33. The Hall–Kier alpha value is -1.05. The summed E-state index contributed by atoms with van der Waals surface area (Å²) >= 11 is 1.66. The molecule has 0 fully saturated rings. The summed E-state index contributed by atoms with van der Waals surface area (Å²) in [7, 11) is 0. The van der Waals surface area contributed by atoms with E-state index < -0.39 is 11.6 Å². The molecule has 1 N–H and O–H groups in total. The van der Waals surface area contributed by atoms with Crippen LogP contribution >= 0.6 is 11.8 Å². The van der Waals surface area contributed by atoms with Crippen molar-refractivity contribution in [3.63, 3.8) is 0 Å². The predicted octanol–water partition coefficient (Wildman–Crippen LogP) is 2.42. The molecule has 0 heterocycles. The molecule has 0 atom stereocenters. The van der Waals surface area contributed by atoms with Crippen LogP contribution in [0.4, 0.5) is 8.78 Å². The molecule has 1 rings (SSSR count). The van der Waals surface area contributed by atoms with Crippen molar-refractivity contribution in [1.82, 2.24) is 5.32 Å². The van der Waals surface area contributed by atoms with Gasteiger partial charge < -0.3 is 5.32 Å². The minimum atomic E-state index is -0.812. The lowest BCUT2D eigenvalue weighted by Gasteiger charge is -2.04. The predicted molar refractivity (Wildman–Crippen MR) is 64.2 cm³/mol. The molecule has 86 valence electrons. The third kappa shape index (κ3) is 4.65. The normalized spacial score (nSPS) is 10.1. The molecular formula is C12H13F2NS. The fourth-order valence-corrected chi connectivity index (χ4v) is 1.71. The smallest absolute Gasteiger partial charge is 0.159 e. The Morgan fingerprint density at radius 3 is 2.81 bits per heavy atom. The first-order valence-corrected chi connectivity index (χ1v) is 6.05. The number of hydrogen-bond acceptors (Lipinski definition) is 2. The van der Waals surface area contributed by atoms with Gasteiger partial charge in [0.15, 0.2) is 11.6 Å². The van der Waals surface area contributed by atoms with Gasteiger partial charge in [-0.2, -0.15) is 0 Å². The second kappa shape index (κ2) is 7.26. The molecule has 1 nitrogen and oxygen atoms in total. The Morgan fingerprint density at radius 2 is 2.12 bits per heavy atom. The zero-order valence-corrected chi connectivity index (χ0v) is 9.62. The number of terminal acetylenes is 1.